The second-order valence-electron chi connectivity index (χ2n) is 4.67. The summed E-state index contributed by atoms with van der Waals surface area (Å²) in [5.74, 6) is 0.647. The van der Waals surface area contributed by atoms with Gasteiger partial charge in [-0.2, -0.15) is 0 Å². The number of hydrogen-bond donors (Lipinski definition) is 2. The van der Waals surface area contributed by atoms with Gasteiger partial charge in [0.2, 0.25) is 0 Å². The summed E-state index contributed by atoms with van der Waals surface area (Å²) in [7, 11) is 0. The highest BCUT2D eigenvalue weighted by atomic mass is 16.3. The summed E-state index contributed by atoms with van der Waals surface area (Å²) < 4.78 is 0. The van der Waals surface area contributed by atoms with Crippen LogP contribution in [0.15, 0.2) is 0 Å². The fourth-order valence-electron chi connectivity index (χ4n) is 2.32. The first-order valence-electron chi connectivity index (χ1n) is 4.97. The SMILES string of the molecule is CC(N)CC1CCCC(C)(O)C1. The fourth-order valence-corrected chi connectivity index (χ4v) is 2.32. The van der Waals surface area contributed by atoms with E-state index in [2.05, 4.69) is 0 Å². The summed E-state index contributed by atoms with van der Waals surface area (Å²) in [6, 6.07) is 0.281. The van der Waals surface area contributed by atoms with E-state index in [0.717, 1.165) is 25.7 Å². The monoisotopic (exact) mass is 171 g/mol. The zero-order valence-corrected chi connectivity index (χ0v) is 8.21. The molecule has 0 amide bonds. The molecule has 2 nitrogen and oxygen atoms in total. The van der Waals surface area contributed by atoms with Crippen LogP contribution in [0.2, 0.25) is 0 Å². The smallest absolute Gasteiger partial charge is 0.0622 e. The van der Waals surface area contributed by atoms with Crippen LogP contribution in [0.25, 0.3) is 0 Å². The second-order valence-corrected chi connectivity index (χ2v) is 4.67. The van der Waals surface area contributed by atoms with Crippen LogP contribution >= 0.6 is 0 Å². The third-order valence-electron chi connectivity index (χ3n) is 2.76. The topological polar surface area (TPSA) is 46.2 Å². The lowest BCUT2D eigenvalue weighted by Crippen LogP contribution is -2.34. The minimum atomic E-state index is -0.419. The van der Waals surface area contributed by atoms with Crippen molar-refractivity contribution in [2.75, 3.05) is 0 Å². The van der Waals surface area contributed by atoms with Gasteiger partial charge >= 0.3 is 0 Å². The Labute approximate surface area is 75.2 Å². The van der Waals surface area contributed by atoms with E-state index in [9.17, 15) is 5.11 Å². The molecule has 0 saturated heterocycles. The first kappa shape index (κ1) is 10.0. The molecule has 0 spiro atoms. The molecule has 3 atom stereocenters. The number of rotatable bonds is 2. The van der Waals surface area contributed by atoms with Crippen LogP contribution in [-0.4, -0.2) is 16.7 Å². The van der Waals surface area contributed by atoms with Gasteiger partial charge in [-0.25, -0.2) is 0 Å². The molecule has 1 rings (SSSR count). The molecule has 2 heteroatoms. The van der Waals surface area contributed by atoms with Gasteiger partial charge in [0.05, 0.1) is 5.60 Å². The molecule has 3 unspecified atom stereocenters. The molecular weight excluding hydrogens is 150 g/mol. The van der Waals surface area contributed by atoms with Gasteiger partial charge in [-0.3, -0.25) is 0 Å². The van der Waals surface area contributed by atoms with Crippen LogP contribution in [0, 0.1) is 5.92 Å². The van der Waals surface area contributed by atoms with E-state index in [1.165, 1.54) is 6.42 Å². The van der Waals surface area contributed by atoms with Gasteiger partial charge in [-0.15, -0.1) is 0 Å². The zero-order chi connectivity index (χ0) is 9.19. The molecule has 1 saturated carbocycles. The van der Waals surface area contributed by atoms with Crippen molar-refractivity contribution in [1.29, 1.82) is 0 Å². The minimum Gasteiger partial charge on any atom is -0.390 e. The Kier molecular flexibility index (Phi) is 3.13. The minimum absolute atomic E-state index is 0.281. The van der Waals surface area contributed by atoms with Gasteiger partial charge < -0.3 is 10.8 Å². The molecule has 0 aromatic rings. The third kappa shape index (κ3) is 3.11. The lowest BCUT2D eigenvalue weighted by Gasteiger charge is -2.34. The lowest BCUT2D eigenvalue weighted by atomic mass is 9.77. The fraction of sp³-hybridized carbons (Fsp3) is 1.00. The molecule has 12 heavy (non-hydrogen) atoms. The van der Waals surface area contributed by atoms with Crippen LogP contribution in [0.3, 0.4) is 0 Å². The highest BCUT2D eigenvalue weighted by Crippen LogP contribution is 2.34. The zero-order valence-electron chi connectivity index (χ0n) is 8.21. The van der Waals surface area contributed by atoms with Crippen molar-refractivity contribution in [1.82, 2.24) is 0 Å². The average molecular weight is 171 g/mol. The molecule has 0 aliphatic heterocycles. The van der Waals surface area contributed by atoms with E-state index in [-0.39, 0.29) is 6.04 Å². The predicted molar refractivity (Wildman–Crippen MR) is 50.8 cm³/mol. The number of aliphatic hydroxyl groups is 1. The molecule has 0 heterocycles. The predicted octanol–water partition coefficient (Wildman–Crippen LogP) is 1.66. The lowest BCUT2D eigenvalue weighted by molar-refractivity contribution is -0.00128. The Hall–Kier alpha value is -0.0800. The van der Waals surface area contributed by atoms with Gasteiger partial charge in [0, 0.05) is 6.04 Å². The normalized spacial score (nSPS) is 39.5. The Morgan fingerprint density at radius 2 is 2.33 bits per heavy atom. The first-order chi connectivity index (χ1) is 5.49. The van der Waals surface area contributed by atoms with Gasteiger partial charge in [0.15, 0.2) is 0 Å². The van der Waals surface area contributed by atoms with E-state index in [1.54, 1.807) is 0 Å². The van der Waals surface area contributed by atoms with Crippen molar-refractivity contribution >= 4 is 0 Å². The molecule has 0 radical (unpaired) electrons. The van der Waals surface area contributed by atoms with Crippen LogP contribution in [-0.2, 0) is 0 Å². The summed E-state index contributed by atoms with van der Waals surface area (Å²) >= 11 is 0. The summed E-state index contributed by atoms with van der Waals surface area (Å²) in [6.07, 6.45) is 5.37. The van der Waals surface area contributed by atoms with Gasteiger partial charge in [-0.1, -0.05) is 12.8 Å². The Balaban J connectivity index is 2.36. The molecule has 0 aromatic heterocycles. The van der Waals surface area contributed by atoms with Crippen molar-refractivity contribution in [2.45, 2.75) is 57.6 Å². The van der Waals surface area contributed by atoms with Crippen molar-refractivity contribution in [3.05, 3.63) is 0 Å². The molecule has 1 aliphatic rings. The van der Waals surface area contributed by atoms with E-state index in [1.807, 2.05) is 13.8 Å². The van der Waals surface area contributed by atoms with Crippen LogP contribution in [0.4, 0.5) is 0 Å². The van der Waals surface area contributed by atoms with E-state index < -0.39 is 5.60 Å². The number of nitrogens with two attached hydrogens (primary N) is 1. The Bertz CT molecular complexity index is 143. The van der Waals surface area contributed by atoms with Crippen molar-refractivity contribution in [3.63, 3.8) is 0 Å². The second kappa shape index (κ2) is 3.75. The van der Waals surface area contributed by atoms with E-state index in [0.29, 0.717) is 5.92 Å². The quantitative estimate of drug-likeness (QED) is 0.664. The van der Waals surface area contributed by atoms with Crippen LogP contribution in [0.1, 0.15) is 46.0 Å². The van der Waals surface area contributed by atoms with E-state index >= 15 is 0 Å². The van der Waals surface area contributed by atoms with Crippen molar-refractivity contribution in [2.24, 2.45) is 11.7 Å². The highest BCUT2D eigenvalue weighted by Gasteiger charge is 2.29. The summed E-state index contributed by atoms with van der Waals surface area (Å²) in [5.41, 5.74) is 5.31. The third-order valence-corrected chi connectivity index (χ3v) is 2.76. The maximum atomic E-state index is 9.82. The number of hydrogen-bond acceptors (Lipinski definition) is 2. The largest absolute Gasteiger partial charge is 0.390 e. The Morgan fingerprint density at radius 3 is 2.83 bits per heavy atom. The molecule has 72 valence electrons. The molecule has 0 aromatic carbocycles. The van der Waals surface area contributed by atoms with Crippen molar-refractivity contribution < 1.29 is 5.11 Å². The van der Waals surface area contributed by atoms with Crippen LogP contribution in [0.5, 0.6) is 0 Å². The van der Waals surface area contributed by atoms with Gasteiger partial charge in [0.25, 0.3) is 0 Å². The van der Waals surface area contributed by atoms with Gasteiger partial charge in [-0.05, 0) is 39.0 Å². The molecule has 3 N–H and O–H groups in total. The van der Waals surface area contributed by atoms with Crippen molar-refractivity contribution in [3.8, 4) is 0 Å². The Morgan fingerprint density at radius 1 is 1.67 bits per heavy atom. The standard InChI is InChI=1S/C10H21NO/c1-8(11)6-9-4-3-5-10(2,12)7-9/h8-9,12H,3-7,11H2,1-2H3. The summed E-state index contributed by atoms with van der Waals surface area (Å²) in [4.78, 5) is 0. The summed E-state index contributed by atoms with van der Waals surface area (Å²) in [5, 5.41) is 9.82. The maximum absolute atomic E-state index is 9.82. The van der Waals surface area contributed by atoms with Gasteiger partial charge in [0.1, 0.15) is 0 Å². The molecule has 1 fully saturated rings. The molecule has 1 aliphatic carbocycles. The maximum Gasteiger partial charge on any atom is 0.0622 e. The van der Waals surface area contributed by atoms with E-state index in [4.69, 9.17) is 5.73 Å². The highest BCUT2D eigenvalue weighted by molar-refractivity contribution is 4.83. The molecule has 0 bridgehead atoms. The average Bonchev–Trinajstić information content (AvgIpc) is 1.82. The summed E-state index contributed by atoms with van der Waals surface area (Å²) in [6.45, 7) is 3.99. The van der Waals surface area contributed by atoms with Crippen LogP contribution < -0.4 is 5.73 Å². The molecular formula is C10H21NO. The first-order valence-corrected chi connectivity index (χ1v) is 4.97.